The Labute approximate surface area is 171 Å². The Kier molecular flexibility index (Phi) is 6.65. The Morgan fingerprint density at radius 3 is 2.38 bits per heavy atom. The van der Waals surface area contributed by atoms with Crippen molar-refractivity contribution in [3.8, 4) is 0 Å². The number of amides is 3. The van der Waals surface area contributed by atoms with E-state index in [1.807, 2.05) is 42.5 Å². The van der Waals surface area contributed by atoms with E-state index in [4.69, 9.17) is 0 Å². The number of carbonyl (C=O) groups excluding carboxylic acids is 3. The van der Waals surface area contributed by atoms with E-state index >= 15 is 0 Å². The molecule has 1 N–H and O–H groups in total. The third kappa shape index (κ3) is 5.44. The predicted octanol–water partition coefficient (Wildman–Crippen LogP) is 2.10. The van der Waals surface area contributed by atoms with Gasteiger partial charge in [0.25, 0.3) is 5.91 Å². The molecule has 1 aliphatic rings. The first-order valence-electron chi connectivity index (χ1n) is 9.84. The van der Waals surface area contributed by atoms with Crippen LogP contribution in [0, 0.1) is 5.92 Å². The van der Waals surface area contributed by atoms with Gasteiger partial charge in [-0.3, -0.25) is 14.4 Å². The Hall–Kier alpha value is -3.15. The minimum absolute atomic E-state index is 0.0348. The van der Waals surface area contributed by atoms with Crippen LogP contribution < -0.4 is 5.32 Å². The molecule has 152 valence electrons. The maximum Gasteiger partial charge on any atom is 0.253 e. The summed E-state index contributed by atoms with van der Waals surface area (Å²) in [4.78, 5) is 40.0. The third-order valence-corrected chi connectivity index (χ3v) is 5.17. The van der Waals surface area contributed by atoms with Gasteiger partial charge in [0.1, 0.15) is 0 Å². The van der Waals surface area contributed by atoms with E-state index in [0.29, 0.717) is 25.2 Å². The Morgan fingerprint density at radius 1 is 1.03 bits per heavy atom. The zero-order chi connectivity index (χ0) is 20.8. The normalized spacial score (nSPS) is 16.0. The summed E-state index contributed by atoms with van der Waals surface area (Å²) in [6, 6.07) is 17.2. The van der Waals surface area contributed by atoms with E-state index in [1.165, 1.54) is 10.5 Å². The zero-order valence-electron chi connectivity index (χ0n) is 16.9. The van der Waals surface area contributed by atoms with Crippen LogP contribution in [-0.2, 0) is 22.6 Å². The van der Waals surface area contributed by atoms with Gasteiger partial charge in [-0.25, -0.2) is 0 Å². The summed E-state index contributed by atoms with van der Waals surface area (Å²) in [5.74, 6) is -0.435. The van der Waals surface area contributed by atoms with Gasteiger partial charge in [-0.15, -0.1) is 0 Å². The first-order valence-corrected chi connectivity index (χ1v) is 9.84. The van der Waals surface area contributed by atoms with Crippen molar-refractivity contribution >= 4 is 17.7 Å². The fourth-order valence-corrected chi connectivity index (χ4v) is 3.43. The number of nitrogens with one attached hydrogen (secondary N) is 1. The van der Waals surface area contributed by atoms with Crippen molar-refractivity contribution < 1.29 is 14.4 Å². The fraction of sp³-hybridized carbons (Fsp3) is 0.348. The number of rotatable bonds is 7. The highest BCUT2D eigenvalue weighted by Gasteiger charge is 2.33. The highest BCUT2D eigenvalue weighted by atomic mass is 16.2. The maximum atomic E-state index is 12.5. The molecular formula is C23H27N3O3. The lowest BCUT2D eigenvalue weighted by atomic mass is 10.1. The van der Waals surface area contributed by atoms with Crippen LogP contribution in [0.25, 0.3) is 0 Å². The van der Waals surface area contributed by atoms with Crippen LogP contribution in [0.5, 0.6) is 0 Å². The van der Waals surface area contributed by atoms with E-state index < -0.39 is 0 Å². The van der Waals surface area contributed by atoms with Crippen LogP contribution in [0.2, 0.25) is 0 Å². The lowest BCUT2D eigenvalue weighted by molar-refractivity contribution is -0.129. The maximum absolute atomic E-state index is 12.5. The summed E-state index contributed by atoms with van der Waals surface area (Å²) in [5.41, 5.74) is 2.71. The molecule has 0 aliphatic carbocycles. The third-order valence-electron chi connectivity index (χ3n) is 5.17. The molecule has 6 heteroatoms. The molecule has 0 aromatic heterocycles. The van der Waals surface area contributed by atoms with Crippen LogP contribution in [0.3, 0.4) is 0 Å². The predicted molar refractivity (Wildman–Crippen MR) is 111 cm³/mol. The quantitative estimate of drug-likeness (QED) is 0.783. The van der Waals surface area contributed by atoms with E-state index in [9.17, 15) is 14.4 Å². The molecule has 3 rings (SSSR count). The molecule has 2 aromatic rings. The smallest absolute Gasteiger partial charge is 0.253 e. The molecule has 0 radical (unpaired) electrons. The van der Waals surface area contributed by atoms with Crippen molar-refractivity contribution in [1.82, 2.24) is 15.1 Å². The Balaban J connectivity index is 1.47. The van der Waals surface area contributed by atoms with Gasteiger partial charge < -0.3 is 15.1 Å². The number of carbonyl (C=O) groups is 3. The summed E-state index contributed by atoms with van der Waals surface area (Å²) in [6.45, 7) is 1.48. The highest BCUT2D eigenvalue weighted by molar-refractivity contribution is 5.94. The molecule has 1 heterocycles. The summed E-state index contributed by atoms with van der Waals surface area (Å²) in [5, 5.41) is 2.91. The first kappa shape index (κ1) is 20.6. The lowest BCUT2D eigenvalue weighted by Crippen LogP contribution is -2.33. The number of hydrogen-bond donors (Lipinski definition) is 1. The molecule has 0 saturated carbocycles. The van der Waals surface area contributed by atoms with Crippen LogP contribution in [0.4, 0.5) is 0 Å². The minimum Gasteiger partial charge on any atom is -0.352 e. The summed E-state index contributed by atoms with van der Waals surface area (Å²) >= 11 is 0. The van der Waals surface area contributed by atoms with Gasteiger partial charge in [-0.2, -0.15) is 0 Å². The molecule has 1 unspecified atom stereocenters. The molecular weight excluding hydrogens is 366 g/mol. The second kappa shape index (κ2) is 9.37. The average molecular weight is 393 g/mol. The SMILES string of the molecule is CN(C)C(=O)c1ccc(CNC(=O)C2CC(=O)N(CCc3ccccc3)C2)cc1. The Bertz CT molecular complexity index is 863. The van der Waals surface area contributed by atoms with Crippen molar-refractivity contribution in [2.24, 2.45) is 5.92 Å². The van der Waals surface area contributed by atoms with Gasteiger partial charge in [0.2, 0.25) is 11.8 Å². The molecule has 3 amide bonds. The molecule has 0 spiro atoms. The molecule has 1 saturated heterocycles. The van der Waals surface area contributed by atoms with Gasteiger partial charge in [0.15, 0.2) is 0 Å². The number of benzene rings is 2. The van der Waals surface area contributed by atoms with Crippen LogP contribution in [-0.4, -0.2) is 54.7 Å². The van der Waals surface area contributed by atoms with Crippen molar-refractivity contribution in [3.63, 3.8) is 0 Å². The highest BCUT2D eigenvalue weighted by Crippen LogP contribution is 2.19. The number of hydrogen-bond acceptors (Lipinski definition) is 3. The second-order valence-electron chi connectivity index (χ2n) is 7.59. The number of likely N-dealkylation sites (tertiary alicyclic amines) is 1. The van der Waals surface area contributed by atoms with Crippen molar-refractivity contribution in [2.45, 2.75) is 19.4 Å². The monoisotopic (exact) mass is 393 g/mol. The van der Waals surface area contributed by atoms with Gasteiger partial charge >= 0.3 is 0 Å². The van der Waals surface area contributed by atoms with Crippen LogP contribution >= 0.6 is 0 Å². The molecule has 6 nitrogen and oxygen atoms in total. The lowest BCUT2D eigenvalue weighted by Gasteiger charge is -2.16. The van der Waals surface area contributed by atoms with E-state index in [0.717, 1.165) is 12.0 Å². The molecule has 2 aromatic carbocycles. The van der Waals surface area contributed by atoms with Gasteiger partial charge in [-0.05, 0) is 29.7 Å². The summed E-state index contributed by atoms with van der Waals surface area (Å²) in [6.07, 6.45) is 1.05. The Morgan fingerprint density at radius 2 is 1.72 bits per heavy atom. The molecule has 1 atom stereocenters. The first-order chi connectivity index (χ1) is 13.9. The van der Waals surface area contributed by atoms with Crippen molar-refractivity contribution in [2.75, 3.05) is 27.2 Å². The molecule has 1 fully saturated rings. The minimum atomic E-state index is -0.312. The van der Waals surface area contributed by atoms with E-state index in [2.05, 4.69) is 5.32 Å². The molecule has 1 aliphatic heterocycles. The number of nitrogens with zero attached hydrogens (tertiary/aromatic N) is 2. The van der Waals surface area contributed by atoms with Gasteiger partial charge in [0.05, 0.1) is 5.92 Å². The largest absolute Gasteiger partial charge is 0.352 e. The molecule has 29 heavy (non-hydrogen) atoms. The van der Waals surface area contributed by atoms with Gasteiger partial charge in [-0.1, -0.05) is 42.5 Å². The standard InChI is InChI=1S/C23H27N3O3/c1-25(2)23(29)19-10-8-18(9-11-19)15-24-22(28)20-14-21(27)26(16-20)13-12-17-6-4-3-5-7-17/h3-11,20H,12-16H2,1-2H3,(H,24,28). The second-order valence-corrected chi connectivity index (χ2v) is 7.59. The molecule has 0 bridgehead atoms. The van der Waals surface area contributed by atoms with E-state index in [-0.39, 0.29) is 30.1 Å². The average Bonchev–Trinajstić information content (AvgIpc) is 3.11. The summed E-state index contributed by atoms with van der Waals surface area (Å²) < 4.78 is 0. The van der Waals surface area contributed by atoms with Crippen LogP contribution in [0.15, 0.2) is 54.6 Å². The fourth-order valence-electron chi connectivity index (χ4n) is 3.43. The van der Waals surface area contributed by atoms with E-state index in [1.54, 1.807) is 31.1 Å². The summed E-state index contributed by atoms with van der Waals surface area (Å²) in [7, 11) is 3.42. The topological polar surface area (TPSA) is 69.7 Å². The zero-order valence-corrected chi connectivity index (χ0v) is 16.9. The van der Waals surface area contributed by atoms with Crippen LogP contribution in [0.1, 0.15) is 27.9 Å². The van der Waals surface area contributed by atoms with Crippen molar-refractivity contribution in [1.29, 1.82) is 0 Å². The van der Waals surface area contributed by atoms with Gasteiger partial charge in [0, 0.05) is 45.7 Å². The van der Waals surface area contributed by atoms with Crippen molar-refractivity contribution in [3.05, 3.63) is 71.3 Å².